The number of alkyl halides is 3. The summed E-state index contributed by atoms with van der Waals surface area (Å²) < 4.78 is 31.7. The van der Waals surface area contributed by atoms with Gasteiger partial charge in [0, 0.05) is 12.5 Å². The summed E-state index contributed by atoms with van der Waals surface area (Å²) in [6.45, 7) is 0.635. The van der Waals surface area contributed by atoms with Crippen molar-refractivity contribution in [2.75, 3.05) is 6.54 Å². The van der Waals surface area contributed by atoms with E-state index in [1.165, 1.54) is 0 Å². The van der Waals surface area contributed by atoms with Gasteiger partial charge in [-0.25, -0.2) is 4.79 Å². The fraction of sp³-hybridized carbons (Fsp3) is 0.667. The Morgan fingerprint density at radius 1 is 1.42 bits per heavy atom. The number of carbonyl (C=O) groups excluding carboxylic acids is 1. The summed E-state index contributed by atoms with van der Waals surface area (Å²) in [5.74, 6) is -4.09. The predicted octanol–water partition coefficient (Wildman–Crippen LogP) is -0.442. The molecule has 0 aromatic carbocycles. The van der Waals surface area contributed by atoms with Crippen molar-refractivity contribution in [3.8, 4) is 0 Å². The molecule has 0 aliphatic carbocycles. The number of carbonyl (C=O) groups is 3. The first kappa shape index (κ1) is 17.2. The maximum Gasteiger partial charge on any atom is 0.490 e. The minimum atomic E-state index is -5.08. The van der Waals surface area contributed by atoms with Crippen LogP contribution >= 0.6 is 0 Å². The van der Waals surface area contributed by atoms with Gasteiger partial charge in [-0.05, 0) is 12.8 Å². The lowest BCUT2D eigenvalue weighted by Crippen LogP contribution is -2.34. The zero-order chi connectivity index (χ0) is 15.2. The van der Waals surface area contributed by atoms with Crippen molar-refractivity contribution in [1.82, 2.24) is 5.32 Å². The molecule has 5 N–H and O–H groups in total. The van der Waals surface area contributed by atoms with E-state index in [1.807, 2.05) is 0 Å². The molecule has 2 atom stereocenters. The number of rotatable bonds is 3. The lowest BCUT2D eigenvalue weighted by Gasteiger charge is -2.09. The Bertz CT molecular complexity index is 358. The van der Waals surface area contributed by atoms with Crippen molar-refractivity contribution >= 4 is 17.8 Å². The second kappa shape index (κ2) is 6.92. The molecule has 0 saturated carbocycles. The van der Waals surface area contributed by atoms with Gasteiger partial charge in [0.25, 0.3) is 0 Å². The summed E-state index contributed by atoms with van der Waals surface area (Å²) in [4.78, 5) is 30.2. The number of carboxylic acid groups (broad SMARTS) is 2. The molecule has 1 saturated heterocycles. The quantitative estimate of drug-likeness (QED) is 0.556. The first-order valence-corrected chi connectivity index (χ1v) is 5.12. The minimum Gasteiger partial charge on any atom is -0.480 e. The van der Waals surface area contributed by atoms with Crippen LogP contribution in [0.4, 0.5) is 13.2 Å². The third-order valence-corrected chi connectivity index (χ3v) is 2.26. The van der Waals surface area contributed by atoms with E-state index in [0.29, 0.717) is 13.0 Å². The summed E-state index contributed by atoms with van der Waals surface area (Å²) >= 11 is 0. The van der Waals surface area contributed by atoms with Gasteiger partial charge >= 0.3 is 18.1 Å². The Hall–Kier alpha value is -1.84. The molecule has 0 spiro atoms. The topological polar surface area (TPSA) is 130 Å². The Morgan fingerprint density at radius 2 is 1.89 bits per heavy atom. The molecule has 0 aromatic heterocycles. The SMILES string of the molecule is N[C@@H](C[C@@H]1CCNC1=O)C(=O)O.O=C(O)C(F)(F)F. The number of carboxylic acids is 2. The summed E-state index contributed by atoms with van der Waals surface area (Å²) in [5.41, 5.74) is 5.28. The highest BCUT2D eigenvalue weighted by Crippen LogP contribution is 2.15. The van der Waals surface area contributed by atoms with Crippen LogP contribution in [0.2, 0.25) is 0 Å². The van der Waals surface area contributed by atoms with Crippen molar-refractivity contribution in [3.05, 3.63) is 0 Å². The van der Waals surface area contributed by atoms with Gasteiger partial charge in [0.05, 0.1) is 0 Å². The second-order valence-corrected chi connectivity index (χ2v) is 3.76. The number of aliphatic carboxylic acids is 2. The molecule has 1 aliphatic heterocycles. The molecule has 10 heteroatoms. The van der Waals surface area contributed by atoms with Crippen LogP contribution in [-0.2, 0) is 14.4 Å². The van der Waals surface area contributed by atoms with Gasteiger partial charge in [-0.2, -0.15) is 13.2 Å². The molecule has 1 aliphatic rings. The zero-order valence-corrected chi connectivity index (χ0v) is 9.61. The molecule has 110 valence electrons. The first-order chi connectivity index (χ1) is 8.55. The number of hydrogen-bond donors (Lipinski definition) is 4. The summed E-state index contributed by atoms with van der Waals surface area (Å²) in [7, 11) is 0. The van der Waals surface area contributed by atoms with Crippen LogP contribution in [-0.4, -0.2) is 46.8 Å². The van der Waals surface area contributed by atoms with Crippen LogP contribution in [0, 0.1) is 5.92 Å². The van der Waals surface area contributed by atoms with E-state index in [9.17, 15) is 22.8 Å². The molecule has 1 heterocycles. The first-order valence-electron chi connectivity index (χ1n) is 5.12. The third kappa shape index (κ3) is 6.60. The van der Waals surface area contributed by atoms with E-state index in [-0.39, 0.29) is 18.2 Å². The highest BCUT2D eigenvalue weighted by Gasteiger charge is 2.38. The minimum absolute atomic E-state index is 0.0771. The number of hydrogen-bond acceptors (Lipinski definition) is 4. The van der Waals surface area contributed by atoms with Gasteiger partial charge in [0.15, 0.2) is 0 Å². The summed E-state index contributed by atoms with van der Waals surface area (Å²) in [6, 6.07) is -0.918. The maximum absolute atomic E-state index is 11.0. The number of amides is 1. The average molecular weight is 286 g/mol. The largest absolute Gasteiger partial charge is 0.490 e. The van der Waals surface area contributed by atoms with Gasteiger partial charge < -0.3 is 21.3 Å². The zero-order valence-electron chi connectivity index (χ0n) is 9.61. The lowest BCUT2D eigenvalue weighted by molar-refractivity contribution is -0.192. The molecule has 7 nitrogen and oxygen atoms in total. The standard InChI is InChI=1S/C7H12N2O3.C2HF3O2/c8-5(7(11)12)3-4-1-2-9-6(4)10;3-2(4,5)1(6)7/h4-5H,1-3,8H2,(H,9,10)(H,11,12);(H,6,7)/t4-,5-;/m0./s1. The second-order valence-electron chi connectivity index (χ2n) is 3.76. The highest BCUT2D eigenvalue weighted by molar-refractivity contribution is 5.82. The molecular weight excluding hydrogens is 273 g/mol. The van der Waals surface area contributed by atoms with Crippen molar-refractivity contribution < 1.29 is 37.8 Å². The predicted molar refractivity (Wildman–Crippen MR) is 55.0 cm³/mol. The van der Waals surface area contributed by atoms with Crippen LogP contribution in [0.1, 0.15) is 12.8 Å². The van der Waals surface area contributed by atoms with Crippen LogP contribution in [0.25, 0.3) is 0 Å². The van der Waals surface area contributed by atoms with Gasteiger partial charge in [-0.1, -0.05) is 0 Å². The molecule has 19 heavy (non-hydrogen) atoms. The summed E-state index contributed by atoms with van der Waals surface area (Å²) in [6.07, 6.45) is -4.15. The Balaban J connectivity index is 0.000000399. The Kier molecular flexibility index (Phi) is 6.25. The van der Waals surface area contributed by atoms with E-state index in [1.54, 1.807) is 0 Å². The third-order valence-electron chi connectivity index (χ3n) is 2.26. The van der Waals surface area contributed by atoms with Crippen molar-refractivity contribution in [3.63, 3.8) is 0 Å². The van der Waals surface area contributed by atoms with Crippen LogP contribution in [0.15, 0.2) is 0 Å². The van der Waals surface area contributed by atoms with Gasteiger partial charge in [-0.3, -0.25) is 9.59 Å². The van der Waals surface area contributed by atoms with E-state index in [4.69, 9.17) is 20.7 Å². The van der Waals surface area contributed by atoms with Crippen molar-refractivity contribution in [1.29, 1.82) is 0 Å². The normalized spacial score (nSPS) is 20.0. The molecule has 1 rings (SSSR count). The monoisotopic (exact) mass is 286 g/mol. The van der Waals surface area contributed by atoms with Gasteiger partial charge in [-0.15, -0.1) is 0 Å². The molecule has 1 amide bonds. The fourth-order valence-electron chi connectivity index (χ4n) is 1.28. The van der Waals surface area contributed by atoms with E-state index < -0.39 is 24.2 Å². The summed E-state index contributed by atoms with van der Waals surface area (Å²) in [5, 5.41) is 18.2. The average Bonchev–Trinajstić information content (AvgIpc) is 2.63. The highest BCUT2D eigenvalue weighted by atomic mass is 19.4. The molecular formula is C9H13F3N2O5. The van der Waals surface area contributed by atoms with E-state index in [0.717, 1.165) is 0 Å². The molecule has 0 unspecified atom stereocenters. The van der Waals surface area contributed by atoms with Gasteiger partial charge in [0.1, 0.15) is 6.04 Å². The number of halogens is 3. The Morgan fingerprint density at radius 3 is 2.16 bits per heavy atom. The molecule has 0 aromatic rings. The van der Waals surface area contributed by atoms with Crippen LogP contribution in [0.3, 0.4) is 0 Å². The maximum atomic E-state index is 11.0. The van der Waals surface area contributed by atoms with Crippen LogP contribution < -0.4 is 11.1 Å². The fourth-order valence-corrected chi connectivity index (χ4v) is 1.28. The number of nitrogens with one attached hydrogen (secondary N) is 1. The molecule has 1 fully saturated rings. The molecule has 0 bridgehead atoms. The van der Waals surface area contributed by atoms with E-state index in [2.05, 4.69) is 5.32 Å². The number of nitrogens with two attached hydrogens (primary N) is 1. The van der Waals surface area contributed by atoms with Crippen LogP contribution in [0.5, 0.6) is 0 Å². The molecule has 0 radical (unpaired) electrons. The Labute approximate surface area is 105 Å². The van der Waals surface area contributed by atoms with Crippen molar-refractivity contribution in [2.45, 2.75) is 25.1 Å². The smallest absolute Gasteiger partial charge is 0.480 e. The van der Waals surface area contributed by atoms with Crippen molar-refractivity contribution in [2.24, 2.45) is 11.7 Å². The lowest BCUT2D eigenvalue weighted by atomic mass is 9.99. The van der Waals surface area contributed by atoms with Gasteiger partial charge in [0.2, 0.25) is 5.91 Å². The van der Waals surface area contributed by atoms with E-state index >= 15 is 0 Å².